The number of anilines is 2. The van der Waals surface area contributed by atoms with Crippen molar-refractivity contribution in [3.63, 3.8) is 0 Å². The molecule has 1 aromatic heterocycles. The minimum atomic E-state index is -0.447. The van der Waals surface area contributed by atoms with Crippen molar-refractivity contribution in [3.8, 4) is 0 Å². The fourth-order valence-corrected chi connectivity index (χ4v) is 4.22. The Balaban J connectivity index is 1.29. The first-order chi connectivity index (χ1) is 18.0. The summed E-state index contributed by atoms with van der Waals surface area (Å²) in [7, 11) is 0. The van der Waals surface area contributed by atoms with Crippen molar-refractivity contribution in [2.24, 2.45) is 0 Å². The lowest BCUT2D eigenvalue weighted by atomic mass is 9.99. The van der Waals surface area contributed by atoms with Gasteiger partial charge in [0.2, 0.25) is 11.6 Å². The molecule has 0 amide bonds. The van der Waals surface area contributed by atoms with Crippen LogP contribution in [0.1, 0.15) is 36.8 Å². The number of hydrogen-bond acceptors (Lipinski definition) is 8. The highest BCUT2D eigenvalue weighted by Gasteiger charge is 2.28. The Morgan fingerprint density at radius 2 is 1.89 bits per heavy atom. The number of esters is 1. The molecule has 0 fully saturated rings. The van der Waals surface area contributed by atoms with E-state index in [4.69, 9.17) is 16.3 Å². The van der Waals surface area contributed by atoms with E-state index in [0.29, 0.717) is 43.3 Å². The molecule has 1 aliphatic rings. The maximum absolute atomic E-state index is 12.0. The molecule has 37 heavy (non-hydrogen) atoms. The highest BCUT2D eigenvalue weighted by molar-refractivity contribution is 6.30. The van der Waals surface area contributed by atoms with E-state index in [1.54, 1.807) is 0 Å². The van der Waals surface area contributed by atoms with Crippen molar-refractivity contribution >= 4 is 40.5 Å². The maximum Gasteiger partial charge on any atom is 0.353 e. The molecule has 0 aliphatic carbocycles. The first-order valence-electron chi connectivity index (χ1n) is 12.1. The summed E-state index contributed by atoms with van der Waals surface area (Å²) in [5.74, 6) is 0.197. The van der Waals surface area contributed by atoms with Gasteiger partial charge in [-0.1, -0.05) is 60.1 Å². The zero-order chi connectivity index (χ0) is 26.0. The van der Waals surface area contributed by atoms with Crippen LogP contribution in [-0.4, -0.2) is 40.5 Å². The average Bonchev–Trinajstić information content (AvgIpc) is 2.92. The highest BCUT2D eigenvalue weighted by Crippen LogP contribution is 2.34. The minimum Gasteiger partial charge on any atom is -0.461 e. The lowest BCUT2D eigenvalue weighted by Crippen LogP contribution is -2.30. The van der Waals surface area contributed by atoms with Crippen LogP contribution >= 0.6 is 11.6 Å². The Kier molecular flexibility index (Phi) is 9.04. The largest absolute Gasteiger partial charge is 0.461 e. The van der Waals surface area contributed by atoms with Crippen LogP contribution in [0.4, 0.5) is 17.3 Å². The van der Waals surface area contributed by atoms with E-state index >= 15 is 0 Å². The average molecular weight is 522 g/mol. The number of nitrogens with one attached hydrogen (secondary N) is 1. The number of hydrogen-bond donors (Lipinski definition) is 1. The molecule has 2 heterocycles. The van der Waals surface area contributed by atoms with E-state index in [1.807, 2.05) is 59.5 Å². The number of benzene rings is 2. The molecule has 1 aliphatic heterocycles. The van der Waals surface area contributed by atoms with Crippen LogP contribution < -0.4 is 10.2 Å². The summed E-state index contributed by atoms with van der Waals surface area (Å²) in [6.07, 6.45) is 5.63. The fourth-order valence-electron chi connectivity index (χ4n) is 4.10. The van der Waals surface area contributed by atoms with Gasteiger partial charge in [-0.25, -0.2) is 9.97 Å². The lowest BCUT2D eigenvalue weighted by Gasteiger charge is -2.27. The van der Waals surface area contributed by atoms with Gasteiger partial charge in [0.1, 0.15) is 12.9 Å². The van der Waals surface area contributed by atoms with E-state index in [9.17, 15) is 14.9 Å². The van der Waals surface area contributed by atoms with Crippen molar-refractivity contribution in [2.75, 3.05) is 29.9 Å². The van der Waals surface area contributed by atoms with E-state index in [1.165, 1.54) is 11.9 Å². The molecule has 9 nitrogen and oxygen atoms in total. The van der Waals surface area contributed by atoms with Crippen LogP contribution in [-0.2, 0) is 16.1 Å². The second kappa shape index (κ2) is 12.8. The molecule has 0 spiro atoms. The molecule has 0 saturated heterocycles. The zero-order valence-electron chi connectivity index (χ0n) is 20.3. The Labute approximate surface area is 220 Å². The van der Waals surface area contributed by atoms with Crippen LogP contribution in [0.5, 0.6) is 0 Å². The molecule has 0 radical (unpaired) electrons. The van der Waals surface area contributed by atoms with Gasteiger partial charge in [-0.15, -0.1) is 0 Å². The predicted octanol–water partition coefficient (Wildman–Crippen LogP) is 5.66. The van der Waals surface area contributed by atoms with Gasteiger partial charge in [-0.05, 0) is 48.1 Å². The van der Waals surface area contributed by atoms with Crippen molar-refractivity contribution in [1.29, 1.82) is 0 Å². The zero-order valence-corrected chi connectivity index (χ0v) is 21.1. The third-order valence-electron chi connectivity index (χ3n) is 6.05. The molecular weight excluding hydrogens is 494 g/mol. The Bertz CT molecular complexity index is 1250. The third-order valence-corrected chi connectivity index (χ3v) is 6.30. The smallest absolute Gasteiger partial charge is 0.353 e. The second-order valence-electron chi connectivity index (χ2n) is 8.61. The number of aromatic nitrogens is 2. The van der Waals surface area contributed by atoms with E-state index < -0.39 is 4.92 Å². The monoisotopic (exact) mass is 521 g/mol. The van der Waals surface area contributed by atoms with Crippen LogP contribution in [0.2, 0.25) is 5.02 Å². The fraction of sp³-hybridized carbons (Fsp3) is 0.296. The number of ether oxygens (including phenoxy) is 1. The first-order valence-corrected chi connectivity index (χ1v) is 12.5. The lowest BCUT2D eigenvalue weighted by molar-refractivity contribution is -0.383. The summed E-state index contributed by atoms with van der Waals surface area (Å²) in [4.78, 5) is 33.7. The molecule has 10 heteroatoms. The number of nitrogens with zero attached hydrogens (tertiary/aromatic N) is 4. The number of carbonyl (C=O) groups excluding carboxylic acids is 1. The van der Waals surface area contributed by atoms with Crippen molar-refractivity contribution in [2.45, 2.75) is 32.3 Å². The Hall–Kier alpha value is -3.98. The summed E-state index contributed by atoms with van der Waals surface area (Å²) in [6.45, 7) is 1.78. The van der Waals surface area contributed by atoms with Crippen LogP contribution in [0, 0.1) is 10.1 Å². The number of unbranched alkanes of at least 4 members (excludes halogenated alkanes) is 1. The topological polar surface area (TPSA) is 110 Å². The molecule has 192 valence electrons. The second-order valence-corrected chi connectivity index (χ2v) is 9.05. The van der Waals surface area contributed by atoms with Gasteiger partial charge in [0, 0.05) is 31.1 Å². The first kappa shape index (κ1) is 26.1. The van der Waals surface area contributed by atoms with Gasteiger partial charge >= 0.3 is 11.7 Å². The van der Waals surface area contributed by atoms with Gasteiger partial charge < -0.3 is 15.0 Å². The number of halogens is 1. The molecule has 4 rings (SSSR count). The third kappa shape index (κ3) is 7.27. The van der Waals surface area contributed by atoms with E-state index in [-0.39, 0.29) is 30.5 Å². The van der Waals surface area contributed by atoms with Gasteiger partial charge in [0.25, 0.3) is 0 Å². The predicted molar refractivity (Wildman–Crippen MR) is 144 cm³/mol. The summed E-state index contributed by atoms with van der Waals surface area (Å²) < 4.78 is 5.28. The molecule has 0 unspecified atom stereocenters. The van der Waals surface area contributed by atoms with Crippen LogP contribution in [0.15, 0.2) is 67.0 Å². The van der Waals surface area contributed by atoms with Crippen LogP contribution in [0.3, 0.4) is 0 Å². The van der Waals surface area contributed by atoms with Crippen molar-refractivity contribution < 1.29 is 14.5 Å². The number of nitro groups is 1. The summed E-state index contributed by atoms with van der Waals surface area (Å²) >= 11 is 5.98. The molecule has 0 bridgehead atoms. The Morgan fingerprint density at radius 1 is 1.11 bits per heavy atom. The normalized spacial score (nSPS) is 13.1. The maximum atomic E-state index is 12.0. The molecule has 3 aromatic rings. The molecule has 2 aromatic carbocycles. The standard InChI is InChI=1S/C27H28ClN5O4/c28-23-11-9-21(10-12-23)22-13-16-32(17-14-22)27-25(33(35)36)26(30-19-31-27)29-15-5-4-8-24(34)37-18-20-6-2-1-3-7-20/h1-3,6-7,9-13,19H,4-5,8,14-18H2,(H,29,30,31). The quantitative estimate of drug-likeness (QED) is 0.149. The van der Waals surface area contributed by atoms with Gasteiger partial charge in [0.15, 0.2) is 0 Å². The molecule has 0 atom stereocenters. The van der Waals surface area contributed by atoms with Gasteiger partial charge in [-0.2, -0.15) is 0 Å². The molecule has 1 N–H and O–H groups in total. The van der Waals surface area contributed by atoms with Gasteiger partial charge in [-0.3, -0.25) is 14.9 Å². The molecular formula is C27H28ClN5O4. The summed E-state index contributed by atoms with van der Waals surface area (Å²) in [5.41, 5.74) is 3.06. The van der Waals surface area contributed by atoms with Gasteiger partial charge in [0.05, 0.1) is 4.92 Å². The van der Waals surface area contributed by atoms with Crippen molar-refractivity contribution in [1.82, 2.24) is 9.97 Å². The van der Waals surface area contributed by atoms with E-state index in [0.717, 1.165) is 17.5 Å². The summed E-state index contributed by atoms with van der Waals surface area (Å²) in [6, 6.07) is 17.2. The van der Waals surface area contributed by atoms with Crippen LogP contribution in [0.25, 0.3) is 5.57 Å². The molecule has 0 saturated carbocycles. The summed E-state index contributed by atoms with van der Waals surface area (Å²) in [5, 5.41) is 15.7. The SMILES string of the molecule is O=C(CCCCNc1ncnc(N2CC=C(c3ccc(Cl)cc3)CC2)c1[N+](=O)[O-])OCc1ccccc1. The number of rotatable bonds is 11. The highest BCUT2D eigenvalue weighted by atomic mass is 35.5. The minimum absolute atomic E-state index is 0.145. The number of carbonyl (C=O) groups is 1. The Morgan fingerprint density at radius 3 is 2.59 bits per heavy atom. The van der Waals surface area contributed by atoms with E-state index in [2.05, 4.69) is 21.4 Å². The van der Waals surface area contributed by atoms with Crippen molar-refractivity contribution in [3.05, 3.63) is 93.3 Å².